The number of hydrogen-bond donors (Lipinski definition) is 0. The standard InChI is InChI=1S/C29H24N2O3/c1-21-13-15-23(16-14-21)27-25(28(32)30-17-7-8-18-30)19-24-11-5-6-12-26(24)31(27)29(33)34-20-22-9-3-2-4-10-22/h2-19,27H,20H2,1H3. The smallest absolute Gasteiger partial charge is 0.415 e. The predicted octanol–water partition coefficient (Wildman–Crippen LogP) is 6.42. The summed E-state index contributed by atoms with van der Waals surface area (Å²) in [5.41, 5.74) is 4.82. The van der Waals surface area contributed by atoms with Crippen molar-refractivity contribution >= 4 is 23.8 Å². The molecule has 2 heterocycles. The van der Waals surface area contributed by atoms with Gasteiger partial charge in [0.2, 0.25) is 0 Å². The number of benzene rings is 3. The Balaban J connectivity index is 1.60. The molecule has 1 atom stereocenters. The zero-order chi connectivity index (χ0) is 23.5. The normalized spacial score (nSPS) is 14.8. The highest BCUT2D eigenvalue weighted by Gasteiger charge is 2.38. The lowest BCUT2D eigenvalue weighted by Crippen LogP contribution is -2.40. The van der Waals surface area contributed by atoms with Crippen molar-refractivity contribution in [3.63, 3.8) is 0 Å². The van der Waals surface area contributed by atoms with E-state index in [0.29, 0.717) is 11.3 Å². The number of rotatable bonds is 4. The fourth-order valence-electron chi connectivity index (χ4n) is 4.22. The molecule has 3 aromatic carbocycles. The lowest BCUT2D eigenvalue weighted by molar-refractivity contribution is 0.0948. The van der Waals surface area contributed by atoms with Crippen LogP contribution in [0.1, 0.15) is 33.1 Å². The van der Waals surface area contributed by atoms with Gasteiger partial charge in [0.1, 0.15) is 6.61 Å². The molecule has 0 fully saturated rings. The average molecular weight is 449 g/mol. The summed E-state index contributed by atoms with van der Waals surface area (Å²) in [5.74, 6) is -0.189. The minimum atomic E-state index is -0.631. The van der Waals surface area contributed by atoms with Gasteiger partial charge in [0.25, 0.3) is 5.91 Å². The quantitative estimate of drug-likeness (QED) is 0.362. The van der Waals surface area contributed by atoms with E-state index in [2.05, 4.69) is 0 Å². The number of aromatic nitrogens is 1. The lowest BCUT2D eigenvalue weighted by atomic mass is 9.89. The third-order valence-corrected chi connectivity index (χ3v) is 5.94. The number of anilines is 1. The summed E-state index contributed by atoms with van der Waals surface area (Å²) in [5, 5.41) is 0. The Hall–Kier alpha value is -4.38. The van der Waals surface area contributed by atoms with Crippen molar-refractivity contribution in [1.29, 1.82) is 0 Å². The van der Waals surface area contributed by atoms with Crippen LogP contribution < -0.4 is 4.90 Å². The van der Waals surface area contributed by atoms with Crippen molar-refractivity contribution in [2.24, 2.45) is 0 Å². The van der Waals surface area contributed by atoms with Crippen LogP contribution in [0.25, 0.3) is 6.08 Å². The van der Waals surface area contributed by atoms with Crippen LogP contribution in [0.4, 0.5) is 10.5 Å². The maximum atomic E-state index is 13.6. The molecule has 5 nitrogen and oxygen atoms in total. The van der Waals surface area contributed by atoms with E-state index in [0.717, 1.165) is 22.3 Å². The van der Waals surface area contributed by atoms with E-state index < -0.39 is 12.1 Å². The molecule has 168 valence electrons. The molecule has 0 bridgehead atoms. The number of amides is 1. The molecule has 0 N–H and O–H groups in total. The van der Waals surface area contributed by atoms with E-state index in [1.807, 2.05) is 104 Å². The molecule has 0 aliphatic carbocycles. The third kappa shape index (κ3) is 4.16. The summed E-state index contributed by atoms with van der Waals surface area (Å²) in [4.78, 5) is 28.8. The zero-order valence-corrected chi connectivity index (χ0v) is 18.8. The average Bonchev–Trinajstić information content (AvgIpc) is 3.42. The number of fused-ring (bicyclic) bond motifs is 1. The van der Waals surface area contributed by atoms with Crippen LogP contribution in [-0.2, 0) is 11.3 Å². The van der Waals surface area contributed by atoms with Gasteiger partial charge in [0.05, 0.1) is 11.7 Å². The summed E-state index contributed by atoms with van der Waals surface area (Å²) in [7, 11) is 0. The molecule has 5 heteroatoms. The maximum absolute atomic E-state index is 13.6. The Morgan fingerprint density at radius 2 is 1.50 bits per heavy atom. The molecule has 34 heavy (non-hydrogen) atoms. The van der Waals surface area contributed by atoms with Crippen LogP contribution in [0.3, 0.4) is 0 Å². The van der Waals surface area contributed by atoms with Crippen molar-refractivity contribution in [3.8, 4) is 0 Å². The molecule has 5 rings (SSSR count). The molecule has 0 radical (unpaired) electrons. The van der Waals surface area contributed by atoms with E-state index in [1.165, 1.54) is 4.57 Å². The molecule has 1 aliphatic heterocycles. The van der Waals surface area contributed by atoms with Crippen LogP contribution in [0, 0.1) is 6.92 Å². The van der Waals surface area contributed by atoms with Gasteiger partial charge in [-0.3, -0.25) is 14.3 Å². The molecule has 0 spiro atoms. The SMILES string of the molecule is Cc1ccc(C2C(C(=O)n3cccc3)=Cc3ccccc3N2C(=O)OCc2ccccc2)cc1. The zero-order valence-electron chi connectivity index (χ0n) is 18.8. The van der Waals surface area contributed by atoms with Gasteiger partial charge in [0, 0.05) is 18.0 Å². The number of ether oxygens (including phenoxy) is 1. The first-order chi connectivity index (χ1) is 16.6. The summed E-state index contributed by atoms with van der Waals surface area (Å²) in [6.07, 6.45) is 4.80. The Bertz CT molecular complexity index is 1340. The first kappa shape index (κ1) is 21.5. The van der Waals surface area contributed by atoms with E-state index in [9.17, 15) is 9.59 Å². The van der Waals surface area contributed by atoms with Gasteiger partial charge in [0.15, 0.2) is 0 Å². The minimum absolute atomic E-state index is 0.142. The largest absolute Gasteiger partial charge is 0.444 e. The van der Waals surface area contributed by atoms with Crippen LogP contribution in [0.5, 0.6) is 0 Å². The third-order valence-electron chi connectivity index (χ3n) is 5.94. The molecular weight excluding hydrogens is 424 g/mol. The van der Waals surface area contributed by atoms with Gasteiger partial charge in [-0.05, 0) is 47.9 Å². The Labute approximate surface area is 198 Å². The van der Waals surface area contributed by atoms with Gasteiger partial charge in [-0.1, -0.05) is 78.4 Å². The summed E-state index contributed by atoms with van der Waals surface area (Å²) >= 11 is 0. The molecular formula is C29H24N2O3. The molecule has 0 saturated carbocycles. The number of nitrogens with zero attached hydrogens (tertiary/aromatic N) is 2. The first-order valence-electron chi connectivity index (χ1n) is 11.2. The van der Waals surface area contributed by atoms with Crippen molar-refractivity contribution in [1.82, 2.24) is 4.57 Å². The monoisotopic (exact) mass is 448 g/mol. The molecule has 0 saturated heterocycles. The van der Waals surface area contributed by atoms with Gasteiger partial charge < -0.3 is 4.74 Å². The second-order valence-electron chi connectivity index (χ2n) is 8.28. The van der Waals surface area contributed by atoms with Crippen molar-refractivity contribution < 1.29 is 14.3 Å². The Kier molecular flexibility index (Phi) is 5.83. The van der Waals surface area contributed by atoms with Crippen molar-refractivity contribution in [2.45, 2.75) is 19.6 Å². The van der Waals surface area contributed by atoms with Crippen molar-refractivity contribution in [2.75, 3.05) is 4.90 Å². The van der Waals surface area contributed by atoms with Crippen LogP contribution in [0.15, 0.2) is 109 Å². The van der Waals surface area contributed by atoms with Gasteiger partial charge in [-0.2, -0.15) is 0 Å². The maximum Gasteiger partial charge on any atom is 0.415 e. The molecule has 1 aliphatic rings. The van der Waals surface area contributed by atoms with Crippen molar-refractivity contribution in [3.05, 3.63) is 131 Å². The number of carbonyl (C=O) groups is 2. The molecule has 4 aromatic rings. The predicted molar refractivity (Wildman–Crippen MR) is 133 cm³/mol. The number of para-hydroxylation sites is 1. The lowest BCUT2D eigenvalue weighted by Gasteiger charge is -2.36. The number of hydrogen-bond acceptors (Lipinski definition) is 3. The van der Waals surface area contributed by atoms with Crippen LogP contribution >= 0.6 is 0 Å². The second-order valence-corrected chi connectivity index (χ2v) is 8.28. The summed E-state index contributed by atoms with van der Waals surface area (Å²) in [6.45, 7) is 2.15. The topological polar surface area (TPSA) is 51.5 Å². The number of carbonyl (C=O) groups excluding carboxylic acids is 2. The first-order valence-corrected chi connectivity index (χ1v) is 11.2. The fourth-order valence-corrected chi connectivity index (χ4v) is 4.22. The summed E-state index contributed by atoms with van der Waals surface area (Å²) in [6, 6.07) is 28.0. The van der Waals surface area contributed by atoms with E-state index in [1.54, 1.807) is 17.3 Å². The molecule has 1 unspecified atom stereocenters. The minimum Gasteiger partial charge on any atom is -0.444 e. The van der Waals surface area contributed by atoms with Crippen LogP contribution in [-0.4, -0.2) is 16.6 Å². The van der Waals surface area contributed by atoms with Gasteiger partial charge in [-0.15, -0.1) is 0 Å². The highest BCUT2D eigenvalue weighted by atomic mass is 16.6. The van der Waals surface area contributed by atoms with E-state index in [4.69, 9.17) is 4.74 Å². The summed E-state index contributed by atoms with van der Waals surface area (Å²) < 4.78 is 7.30. The second kappa shape index (κ2) is 9.24. The van der Waals surface area contributed by atoms with Gasteiger partial charge in [-0.25, -0.2) is 4.79 Å². The fraction of sp³-hybridized carbons (Fsp3) is 0.103. The Morgan fingerprint density at radius 1 is 0.824 bits per heavy atom. The Morgan fingerprint density at radius 3 is 2.24 bits per heavy atom. The highest BCUT2D eigenvalue weighted by molar-refractivity contribution is 6.07. The highest BCUT2D eigenvalue weighted by Crippen LogP contribution is 2.42. The van der Waals surface area contributed by atoms with Gasteiger partial charge >= 0.3 is 6.09 Å². The molecule has 1 aromatic heterocycles. The number of aryl methyl sites for hydroxylation is 1. The molecule has 1 amide bonds. The van der Waals surface area contributed by atoms with E-state index >= 15 is 0 Å². The van der Waals surface area contributed by atoms with E-state index in [-0.39, 0.29) is 12.5 Å². The van der Waals surface area contributed by atoms with Crippen LogP contribution in [0.2, 0.25) is 0 Å².